The molecule has 0 aliphatic carbocycles. The standard InChI is InChI=1S/C22H27NO5/c1-25-20-10-9-16(18-14-23-15-19(18)22(24)26-2)13-21(20)28-12-6-11-27-17-7-4-3-5-8-17/h3-5,7-10,13,18-19,23H,6,11-12,14-15H2,1-2H3/t18-,19+/m1/s1. The molecule has 1 N–H and O–H groups in total. The summed E-state index contributed by atoms with van der Waals surface area (Å²) in [4.78, 5) is 12.0. The molecule has 150 valence electrons. The van der Waals surface area contributed by atoms with Gasteiger partial charge in [0.1, 0.15) is 5.75 Å². The molecule has 2 atom stereocenters. The van der Waals surface area contributed by atoms with E-state index < -0.39 is 0 Å². The number of benzene rings is 2. The van der Waals surface area contributed by atoms with Gasteiger partial charge in [0.15, 0.2) is 11.5 Å². The third-order valence-electron chi connectivity index (χ3n) is 4.89. The molecule has 0 aromatic heterocycles. The average molecular weight is 385 g/mol. The summed E-state index contributed by atoms with van der Waals surface area (Å²) in [5.41, 5.74) is 1.04. The van der Waals surface area contributed by atoms with Gasteiger partial charge in [0.05, 0.1) is 33.4 Å². The summed E-state index contributed by atoms with van der Waals surface area (Å²) in [5.74, 6) is 1.88. The summed E-state index contributed by atoms with van der Waals surface area (Å²) in [6.45, 7) is 2.44. The van der Waals surface area contributed by atoms with Crippen LogP contribution in [0.15, 0.2) is 48.5 Å². The van der Waals surface area contributed by atoms with Crippen molar-refractivity contribution in [2.24, 2.45) is 5.92 Å². The number of esters is 1. The minimum atomic E-state index is -0.189. The van der Waals surface area contributed by atoms with Crippen LogP contribution in [-0.2, 0) is 9.53 Å². The number of hydrogen-bond donors (Lipinski definition) is 1. The first-order chi connectivity index (χ1) is 13.7. The molecule has 6 nitrogen and oxygen atoms in total. The second-order valence-corrected chi connectivity index (χ2v) is 6.67. The van der Waals surface area contributed by atoms with Crippen LogP contribution >= 0.6 is 0 Å². The molecule has 2 aromatic rings. The summed E-state index contributed by atoms with van der Waals surface area (Å²) in [6.07, 6.45) is 0.748. The smallest absolute Gasteiger partial charge is 0.310 e. The van der Waals surface area contributed by atoms with Gasteiger partial charge in [-0.05, 0) is 29.8 Å². The highest BCUT2D eigenvalue weighted by Crippen LogP contribution is 2.35. The molecule has 0 radical (unpaired) electrons. The Balaban J connectivity index is 1.59. The molecule has 0 saturated carbocycles. The van der Waals surface area contributed by atoms with Crippen LogP contribution < -0.4 is 19.5 Å². The molecule has 6 heteroatoms. The summed E-state index contributed by atoms with van der Waals surface area (Å²) in [5, 5.41) is 3.27. The Kier molecular flexibility index (Phi) is 7.14. The number of rotatable bonds is 9. The van der Waals surface area contributed by atoms with Gasteiger partial charge in [-0.25, -0.2) is 0 Å². The molecule has 0 bridgehead atoms. The fourth-order valence-corrected chi connectivity index (χ4v) is 3.41. The highest BCUT2D eigenvalue weighted by molar-refractivity contribution is 5.74. The Labute approximate surface area is 165 Å². The number of para-hydroxylation sites is 1. The zero-order valence-corrected chi connectivity index (χ0v) is 16.4. The van der Waals surface area contributed by atoms with Crippen molar-refractivity contribution in [3.8, 4) is 17.2 Å². The average Bonchev–Trinajstić information content (AvgIpc) is 3.23. The Morgan fingerprint density at radius 2 is 1.79 bits per heavy atom. The summed E-state index contributed by atoms with van der Waals surface area (Å²) < 4.78 is 22.0. The fraction of sp³-hybridized carbons (Fsp3) is 0.409. The van der Waals surface area contributed by atoms with Crippen molar-refractivity contribution < 1.29 is 23.7 Å². The second-order valence-electron chi connectivity index (χ2n) is 6.67. The number of nitrogens with one attached hydrogen (secondary N) is 1. The monoisotopic (exact) mass is 385 g/mol. The van der Waals surface area contributed by atoms with E-state index in [0.717, 1.165) is 24.3 Å². The third-order valence-corrected chi connectivity index (χ3v) is 4.89. The Hall–Kier alpha value is -2.73. The second kappa shape index (κ2) is 9.99. The summed E-state index contributed by atoms with van der Waals surface area (Å²) in [7, 11) is 3.05. The number of ether oxygens (including phenoxy) is 4. The first-order valence-electron chi connectivity index (χ1n) is 9.50. The normalized spacial score (nSPS) is 18.5. The van der Waals surface area contributed by atoms with Gasteiger partial charge in [-0.15, -0.1) is 0 Å². The lowest BCUT2D eigenvalue weighted by Gasteiger charge is -2.19. The lowest BCUT2D eigenvalue weighted by Crippen LogP contribution is -2.23. The van der Waals surface area contributed by atoms with Crippen LogP contribution in [0, 0.1) is 5.92 Å². The van der Waals surface area contributed by atoms with Crippen LogP contribution in [0.3, 0.4) is 0 Å². The van der Waals surface area contributed by atoms with Crippen LogP contribution in [0.5, 0.6) is 17.2 Å². The van der Waals surface area contributed by atoms with Gasteiger partial charge in [-0.2, -0.15) is 0 Å². The number of hydrogen-bond acceptors (Lipinski definition) is 6. The minimum Gasteiger partial charge on any atom is -0.493 e. The number of methoxy groups -OCH3 is 2. The lowest BCUT2D eigenvalue weighted by molar-refractivity contribution is -0.145. The van der Waals surface area contributed by atoms with E-state index in [2.05, 4.69) is 5.32 Å². The predicted molar refractivity (Wildman–Crippen MR) is 106 cm³/mol. The zero-order chi connectivity index (χ0) is 19.8. The van der Waals surface area contributed by atoms with E-state index in [1.165, 1.54) is 7.11 Å². The largest absolute Gasteiger partial charge is 0.493 e. The van der Waals surface area contributed by atoms with E-state index in [4.69, 9.17) is 18.9 Å². The van der Waals surface area contributed by atoms with Crippen LogP contribution in [-0.4, -0.2) is 46.5 Å². The molecule has 0 unspecified atom stereocenters. The molecule has 1 aliphatic heterocycles. The fourth-order valence-electron chi connectivity index (χ4n) is 3.41. The number of carbonyl (C=O) groups excluding carboxylic acids is 1. The molecule has 1 fully saturated rings. The molecule has 1 heterocycles. The van der Waals surface area contributed by atoms with E-state index >= 15 is 0 Å². The van der Waals surface area contributed by atoms with E-state index in [1.807, 2.05) is 48.5 Å². The highest BCUT2D eigenvalue weighted by atomic mass is 16.5. The molecule has 1 saturated heterocycles. The quantitative estimate of drug-likeness (QED) is 0.529. The van der Waals surface area contributed by atoms with Gasteiger partial charge in [0.2, 0.25) is 0 Å². The van der Waals surface area contributed by atoms with Crippen LogP contribution in [0.2, 0.25) is 0 Å². The van der Waals surface area contributed by atoms with E-state index in [-0.39, 0.29) is 17.8 Å². The molecule has 2 aromatic carbocycles. The first kappa shape index (κ1) is 20.0. The first-order valence-corrected chi connectivity index (χ1v) is 9.50. The van der Waals surface area contributed by atoms with Gasteiger partial charge in [-0.1, -0.05) is 24.3 Å². The van der Waals surface area contributed by atoms with Gasteiger partial charge in [-0.3, -0.25) is 4.79 Å². The molecule has 1 aliphatic rings. The maximum atomic E-state index is 12.0. The van der Waals surface area contributed by atoms with Crippen LogP contribution in [0.4, 0.5) is 0 Å². The van der Waals surface area contributed by atoms with Crippen LogP contribution in [0.1, 0.15) is 17.9 Å². The molecular weight excluding hydrogens is 358 g/mol. The Bertz CT molecular complexity index is 765. The van der Waals surface area contributed by atoms with Crippen molar-refractivity contribution in [2.75, 3.05) is 40.5 Å². The lowest BCUT2D eigenvalue weighted by atomic mass is 9.89. The summed E-state index contributed by atoms with van der Waals surface area (Å²) >= 11 is 0. The Morgan fingerprint density at radius 1 is 1.00 bits per heavy atom. The maximum Gasteiger partial charge on any atom is 0.310 e. The number of carbonyl (C=O) groups is 1. The SMILES string of the molecule is COC(=O)[C@H]1CNC[C@@H]1c1ccc(OC)c(OCCCOc2ccccc2)c1. The predicted octanol–water partition coefficient (Wildman–Crippen LogP) is 3.02. The summed E-state index contributed by atoms with van der Waals surface area (Å²) in [6, 6.07) is 15.5. The van der Waals surface area contributed by atoms with Gasteiger partial charge in [0.25, 0.3) is 0 Å². The van der Waals surface area contributed by atoms with E-state index in [1.54, 1.807) is 7.11 Å². The highest BCUT2D eigenvalue weighted by Gasteiger charge is 2.35. The zero-order valence-electron chi connectivity index (χ0n) is 16.4. The van der Waals surface area contributed by atoms with Crippen LogP contribution in [0.25, 0.3) is 0 Å². The van der Waals surface area contributed by atoms with Crippen molar-refractivity contribution in [3.63, 3.8) is 0 Å². The van der Waals surface area contributed by atoms with Crippen molar-refractivity contribution >= 4 is 5.97 Å². The topological polar surface area (TPSA) is 66.0 Å². The van der Waals surface area contributed by atoms with E-state index in [0.29, 0.717) is 31.3 Å². The molecule has 0 spiro atoms. The molecule has 3 rings (SSSR count). The maximum absolute atomic E-state index is 12.0. The van der Waals surface area contributed by atoms with Gasteiger partial charge >= 0.3 is 5.97 Å². The minimum absolute atomic E-state index is 0.0575. The van der Waals surface area contributed by atoms with E-state index in [9.17, 15) is 4.79 Å². The Morgan fingerprint density at radius 3 is 2.54 bits per heavy atom. The molecule has 0 amide bonds. The van der Waals surface area contributed by atoms with Gasteiger partial charge in [0, 0.05) is 25.4 Å². The van der Waals surface area contributed by atoms with Gasteiger partial charge < -0.3 is 24.3 Å². The molecule has 28 heavy (non-hydrogen) atoms. The van der Waals surface area contributed by atoms with Crippen molar-refractivity contribution in [1.29, 1.82) is 0 Å². The van der Waals surface area contributed by atoms with Crippen molar-refractivity contribution in [3.05, 3.63) is 54.1 Å². The van der Waals surface area contributed by atoms with Crippen molar-refractivity contribution in [1.82, 2.24) is 5.32 Å². The van der Waals surface area contributed by atoms with Crippen molar-refractivity contribution in [2.45, 2.75) is 12.3 Å². The third kappa shape index (κ3) is 4.95. The molecular formula is C22H27NO5.